The van der Waals surface area contributed by atoms with Crippen LogP contribution in [0.4, 0.5) is 0 Å². The lowest BCUT2D eigenvalue weighted by molar-refractivity contribution is 0.0696. The fourth-order valence-electron chi connectivity index (χ4n) is 2.93. The maximum absolute atomic E-state index is 11.1. The van der Waals surface area contributed by atoms with E-state index in [1.54, 1.807) is 26.4 Å². The summed E-state index contributed by atoms with van der Waals surface area (Å²) in [4.78, 5) is 13.3. The molecule has 120 valence electrons. The summed E-state index contributed by atoms with van der Waals surface area (Å²) in [7, 11) is 3.28. The van der Waals surface area contributed by atoms with Crippen LogP contribution >= 0.6 is 0 Å². The number of methoxy groups -OCH3 is 2. The molecule has 0 saturated carbocycles. The molecule has 0 atom stereocenters. The lowest BCUT2D eigenvalue weighted by Crippen LogP contribution is -2.16. The number of aromatic carboxylic acids is 1. The van der Waals surface area contributed by atoms with E-state index in [1.807, 2.05) is 24.3 Å². The zero-order chi connectivity index (χ0) is 16.4. The number of benzene rings is 2. The quantitative estimate of drug-likeness (QED) is 0.920. The molecule has 0 fully saturated rings. The molecule has 0 amide bonds. The minimum Gasteiger partial charge on any atom is -0.497 e. The molecule has 1 aliphatic rings. The molecule has 5 nitrogen and oxygen atoms in total. The van der Waals surface area contributed by atoms with E-state index in [1.165, 1.54) is 5.56 Å². The van der Waals surface area contributed by atoms with Crippen LogP contribution in [0.2, 0.25) is 0 Å². The van der Waals surface area contributed by atoms with Gasteiger partial charge in [-0.25, -0.2) is 4.79 Å². The second-order valence-electron chi connectivity index (χ2n) is 5.61. The zero-order valence-electron chi connectivity index (χ0n) is 13.2. The number of carbonyl (C=O) groups is 1. The van der Waals surface area contributed by atoms with Crippen molar-refractivity contribution < 1.29 is 19.4 Å². The van der Waals surface area contributed by atoms with Gasteiger partial charge in [0.2, 0.25) is 0 Å². The Bertz CT molecular complexity index is 742. The molecular weight excluding hydrogens is 294 g/mol. The van der Waals surface area contributed by atoms with Crippen LogP contribution in [0.3, 0.4) is 0 Å². The van der Waals surface area contributed by atoms with Gasteiger partial charge in [0.15, 0.2) is 0 Å². The minimum atomic E-state index is -0.886. The van der Waals surface area contributed by atoms with E-state index in [-0.39, 0.29) is 0 Å². The van der Waals surface area contributed by atoms with Crippen molar-refractivity contribution in [3.05, 3.63) is 58.7 Å². The van der Waals surface area contributed by atoms with Gasteiger partial charge in [0.1, 0.15) is 11.5 Å². The van der Waals surface area contributed by atoms with Crippen LogP contribution in [-0.4, -0.2) is 30.2 Å². The Labute approximate surface area is 135 Å². The zero-order valence-corrected chi connectivity index (χ0v) is 13.2. The summed E-state index contributed by atoms with van der Waals surface area (Å²) in [5.41, 5.74) is 3.69. The van der Waals surface area contributed by atoms with E-state index in [9.17, 15) is 4.79 Å². The SMILES string of the molecule is COc1ccc(CN2Cc3ccc(C(=O)O)cc3C2)c(OC)c1. The van der Waals surface area contributed by atoms with Crippen molar-refractivity contribution in [3.63, 3.8) is 0 Å². The predicted octanol–water partition coefficient (Wildman–Crippen LogP) is 2.92. The monoisotopic (exact) mass is 313 g/mol. The summed E-state index contributed by atoms with van der Waals surface area (Å²) in [6.45, 7) is 2.29. The highest BCUT2D eigenvalue weighted by atomic mass is 16.5. The van der Waals surface area contributed by atoms with Crippen molar-refractivity contribution in [1.82, 2.24) is 4.90 Å². The Kier molecular flexibility index (Phi) is 4.21. The average molecular weight is 313 g/mol. The van der Waals surface area contributed by atoms with Gasteiger partial charge in [-0.1, -0.05) is 12.1 Å². The largest absolute Gasteiger partial charge is 0.497 e. The van der Waals surface area contributed by atoms with Gasteiger partial charge >= 0.3 is 5.97 Å². The predicted molar refractivity (Wildman–Crippen MR) is 85.9 cm³/mol. The number of hydrogen-bond donors (Lipinski definition) is 1. The molecule has 3 rings (SSSR count). The number of rotatable bonds is 5. The lowest BCUT2D eigenvalue weighted by atomic mass is 10.1. The number of carboxylic acid groups (broad SMARTS) is 1. The first-order chi connectivity index (χ1) is 11.1. The maximum Gasteiger partial charge on any atom is 0.335 e. The van der Waals surface area contributed by atoms with Crippen LogP contribution < -0.4 is 9.47 Å². The molecule has 1 N–H and O–H groups in total. The molecule has 0 aromatic heterocycles. The first-order valence-electron chi connectivity index (χ1n) is 7.39. The highest BCUT2D eigenvalue weighted by molar-refractivity contribution is 5.87. The first kappa shape index (κ1) is 15.4. The summed E-state index contributed by atoms with van der Waals surface area (Å²) < 4.78 is 10.7. The molecule has 0 bridgehead atoms. The second kappa shape index (κ2) is 6.30. The summed E-state index contributed by atoms with van der Waals surface area (Å²) in [6, 6.07) is 11.1. The Balaban J connectivity index is 1.77. The standard InChI is InChI=1S/C18H19NO4/c1-22-16-6-5-14(17(8-16)23-2)10-19-9-13-4-3-12(18(20)21)7-15(13)11-19/h3-8H,9-11H2,1-2H3,(H,20,21). The van der Waals surface area contributed by atoms with Crippen LogP contribution in [-0.2, 0) is 19.6 Å². The summed E-state index contributed by atoms with van der Waals surface area (Å²) in [5.74, 6) is 0.677. The maximum atomic E-state index is 11.1. The van der Waals surface area contributed by atoms with Crippen LogP contribution in [0.15, 0.2) is 36.4 Å². The van der Waals surface area contributed by atoms with Crippen LogP contribution in [0, 0.1) is 0 Å². The molecule has 5 heteroatoms. The highest BCUT2D eigenvalue weighted by Crippen LogP contribution is 2.30. The average Bonchev–Trinajstić information content (AvgIpc) is 2.96. The number of hydrogen-bond acceptors (Lipinski definition) is 4. The molecule has 0 radical (unpaired) electrons. The van der Waals surface area contributed by atoms with E-state index >= 15 is 0 Å². The van der Waals surface area contributed by atoms with Gasteiger partial charge in [0.05, 0.1) is 19.8 Å². The molecule has 1 aliphatic heterocycles. The fourth-order valence-corrected chi connectivity index (χ4v) is 2.93. The molecule has 0 unspecified atom stereocenters. The van der Waals surface area contributed by atoms with E-state index in [4.69, 9.17) is 14.6 Å². The van der Waals surface area contributed by atoms with E-state index in [2.05, 4.69) is 4.90 Å². The molecule has 2 aromatic rings. The third-order valence-electron chi connectivity index (χ3n) is 4.13. The fraction of sp³-hybridized carbons (Fsp3) is 0.278. The van der Waals surface area contributed by atoms with Crippen molar-refractivity contribution in [2.45, 2.75) is 19.6 Å². The van der Waals surface area contributed by atoms with Gasteiger partial charge in [0.25, 0.3) is 0 Å². The van der Waals surface area contributed by atoms with Crippen molar-refractivity contribution in [2.75, 3.05) is 14.2 Å². The van der Waals surface area contributed by atoms with Crippen LogP contribution in [0.5, 0.6) is 11.5 Å². The van der Waals surface area contributed by atoms with Crippen molar-refractivity contribution in [2.24, 2.45) is 0 Å². The Morgan fingerprint density at radius 3 is 2.57 bits per heavy atom. The molecular formula is C18H19NO4. The van der Waals surface area contributed by atoms with Gasteiger partial charge in [-0.2, -0.15) is 0 Å². The smallest absolute Gasteiger partial charge is 0.335 e. The van der Waals surface area contributed by atoms with Gasteiger partial charge in [-0.15, -0.1) is 0 Å². The van der Waals surface area contributed by atoms with Gasteiger partial charge in [0, 0.05) is 31.3 Å². The third kappa shape index (κ3) is 3.14. The third-order valence-corrected chi connectivity index (χ3v) is 4.13. The van der Waals surface area contributed by atoms with Gasteiger partial charge in [-0.3, -0.25) is 4.90 Å². The van der Waals surface area contributed by atoms with Crippen molar-refractivity contribution in [3.8, 4) is 11.5 Å². The van der Waals surface area contributed by atoms with Crippen LogP contribution in [0.1, 0.15) is 27.0 Å². The van der Waals surface area contributed by atoms with Gasteiger partial charge < -0.3 is 14.6 Å². The Morgan fingerprint density at radius 1 is 1.09 bits per heavy atom. The number of nitrogens with zero attached hydrogens (tertiary/aromatic N) is 1. The van der Waals surface area contributed by atoms with E-state index < -0.39 is 5.97 Å². The number of ether oxygens (including phenoxy) is 2. The van der Waals surface area contributed by atoms with Crippen molar-refractivity contribution in [1.29, 1.82) is 0 Å². The first-order valence-corrected chi connectivity index (χ1v) is 7.39. The van der Waals surface area contributed by atoms with Crippen LogP contribution in [0.25, 0.3) is 0 Å². The lowest BCUT2D eigenvalue weighted by Gasteiger charge is -2.17. The second-order valence-corrected chi connectivity index (χ2v) is 5.61. The molecule has 0 aliphatic carbocycles. The summed E-state index contributed by atoms with van der Waals surface area (Å²) in [5, 5.41) is 9.09. The topological polar surface area (TPSA) is 59.0 Å². The summed E-state index contributed by atoms with van der Waals surface area (Å²) >= 11 is 0. The van der Waals surface area contributed by atoms with E-state index in [0.717, 1.165) is 42.3 Å². The Hall–Kier alpha value is -2.53. The molecule has 0 saturated heterocycles. The molecule has 0 spiro atoms. The van der Waals surface area contributed by atoms with Crippen molar-refractivity contribution >= 4 is 5.97 Å². The normalized spacial score (nSPS) is 13.7. The highest BCUT2D eigenvalue weighted by Gasteiger charge is 2.21. The van der Waals surface area contributed by atoms with E-state index in [0.29, 0.717) is 5.56 Å². The molecule has 23 heavy (non-hydrogen) atoms. The molecule has 1 heterocycles. The Morgan fingerprint density at radius 2 is 1.87 bits per heavy atom. The molecule has 2 aromatic carbocycles. The van der Waals surface area contributed by atoms with Gasteiger partial charge in [-0.05, 0) is 29.3 Å². The number of fused-ring (bicyclic) bond motifs is 1. The number of carboxylic acids is 1. The summed E-state index contributed by atoms with van der Waals surface area (Å²) in [6.07, 6.45) is 0. The minimum absolute atomic E-state index is 0.340.